The van der Waals surface area contributed by atoms with Crippen molar-refractivity contribution < 1.29 is 13.2 Å². The summed E-state index contributed by atoms with van der Waals surface area (Å²) in [6.45, 7) is 4.67. The number of imidazole rings is 1. The summed E-state index contributed by atoms with van der Waals surface area (Å²) in [4.78, 5) is 18.9. The maximum absolute atomic E-state index is 13.0. The SMILES string of the molecule is CCn1cnc(S(=O)(=O)N2CCC(C(=O)N3CC=C(c4ccccc4)CC3)CC2)c1. The maximum atomic E-state index is 13.0. The zero-order chi connectivity index (χ0) is 21.1. The highest BCUT2D eigenvalue weighted by Crippen LogP contribution is 2.27. The number of aryl methyl sites for hydroxylation is 1. The van der Waals surface area contributed by atoms with Crippen LogP contribution < -0.4 is 0 Å². The van der Waals surface area contributed by atoms with Gasteiger partial charge in [0, 0.05) is 44.8 Å². The number of sulfonamides is 1. The predicted octanol–water partition coefficient (Wildman–Crippen LogP) is 2.62. The molecule has 0 saturated carbocycles. The average molecular weight is 429 g/mol. The Hall–Kier alpha value is -2.45. The van der Waals surface area contributed by atoms with Crippen LogP contribution in [-0.4, -0.2) is 59.3 Å². The van der Waals surface area contributed by atoms with Crippen LogP contribution in [0.3, 0.4) is 0 Å². The van der Waals surface area contributed by atoms with E-state index in [0.717, 1.165) is 6.42 Å². The normalized spacial score (nSPS) is 19.0. The first-order chi connectivity index (χ1) is 14.5. The van der Waals surface area contributed by atoms with Crippen LogP contribution in [0.2, 0.25) is 0 Å². The quantitative estimate of drug-likeness (QED) is 0.734. The van der Waals surface area contributed by atoms with Crippen LogP contribution in [0, 0.1) is 5.92 Å². The van der Waals surface area contributed by atoms with Crippen molar-refractivity contribution in [2.24, 2.45) is 5.92 Å². The molecule has 0 unspecified atom stereocenters. The van der Waals surface area contributed by atoms with Crippen molar-refractivity contribution in [3.8, 4) is 0 Å². The number of piperidine rings is 1. The van der Waals surface area contributed by atoms with Gasteiger partial charge in [0.1, 0.15) is 0 Å². The predicted molar refractivity (Wildman–Crippen MR) is 115 cm³/mol. The Kier molecular flexibility index (Phi) is 6.06. The van der Waals surface area contributed by atoms with Crippen molar-refractivity contribution in [3.63, 3.8) is 0 Å². The lowest BCUT2D eigenvalue weighted by molar-refractivity contribution is -0.136. The van der Waals surface area contributed by atoms with Crippen molar-refractivity contribution in [1.29, 1.82) is 0 Å². The molecule has 4 rings (SSSR count). The fraction of sp³-hybridized carbons (Fsp3) is 0.455. The van der Waals surface area contributed by atoms with Crippen LogP contribution in [0.15, 0.2) is 54.0 Å². The van der Waals surface area contributed by atoms with Gasteiger partial charge in [-0.3, -0.25) is 4.79 Å². The molecule has 160 valence electrons. The smallest absolute Gasteiger partial charge is 0.262 e. The minimum Gasteiger partial charge on any atom is -0.338 e. The minimum absolute atomic E-state index is 0.0868. The first kappa shape index (κ1) is 20.8. The summed E-state index contributed by atoms with van der Waals surface area (Å²) in [5.41, 5.74) is 2.50. The van der Waals surface area contributed by atoms with Gasteiger partial charge >= 0.3 is 0 Å². The standard InChI is InChI=1S/C22H28N4O3S/c1-2-24-16-21(23-17-24)30(28,29)26-14-10-20(11-15-26)22(27)25-12-8-19(9-13-25)18-6-4-3-5-7-18/h3-8,16-17,20H,2,9-15H2,1H3. The first-order valence-corrected chi connectivity index (χ1v) is 12.0. The second kappa shape index (κ2) is 8.73. The molecule has 0 radical (unpaired) electrons. The molecule has 0 bridgehead atoms. The molecule has 3 heterocycles. The summed E-state index contributed by atoms with van der Waals surface area (Å²) in [7, 11) is -3.60. The van der Waals surface area contributed by atoms with Gasteiger partial charge in [-0.15, -0.1) is 0 Å². The Labute approximate surface area is 178 Å². The Morgan fingerprint density at radius 1 is 1.13 bits per heavy atom. The number of hydrogen-bond acceptors (Lipinski definition) is 4. The van der Waals surface area contributed by atoms with Gasteiger partial charge in [-0.25, -0.2) is 13.4 Å². The molecule has 1 aromatic carbocycles. The van der Waals surface area contributed by atoms with Gasteiger partial charge in [0.25, 0.3) is 10.0 Å². The summed E-state index contributed by atoms with van der Waals surface area (Å²) in [6.07, 6.45) is 7.20. The van der Waals surface area contributed by atoms with E-state index in [9.17, 15) is 13.2 Å². The number of benzene rings is 1. The highest BCUT2D eigenvalue weighted by molar-refractivity contribution is 7.89. The Bertz CT molecular complexity index is 1020. The topological polar surface area (TPSA) is 75.5 Å². The van der Waals surface area contributed by atoms with E-state index >= 15 is 0 Å². The lowest BCUT2D eigenvalue weighted by Gasteiger charge is -2.34. The van der Waals surface area contributed by atoms with Gasteiger partial charge in [0.15, 0.2) is 5.03 Å². The van der Waals surface area contributed by atoms with Crippen LogP contribution in [0.1, 0.15) is 31.7 Å². The van der Waals surface area contributed by atoms with Gasteiger partial charge < -0.3 is 9.47 Å². The lowest BCUT2D eigenvalue weighted by Crippen LogP contribution is -2.45. The largest absolute Gasteiger partial charge is 0.338 e. The highest BCUT2D eigenvalue weighted by atomic mass is 32.2. The summed E-state index contributed by atoms with van der Waals surface area (Å²) in [6, 6.07) is 10.3. The van der Waals surface area contributed by atoms with E-state index in [1.165, 1.54) is 21.8 Å². The molecule has 1 amide bonds. The summed E-state index contributed by atoms with van der Waals surface area (Å²) >= 11 is 0. The number of nitrogens with zero attached hydrogens (tertiary/aromatic N) is 4. The van der Waals surface area contributed by atoms with Crippen molar-refractivity contribution >= 4 is 21.5 Å². The fourth-order valence-corrected chi connectivity index (χ4v) is 5.57. The molecule has 8 heteroatoms. The zero-order valence-electron chi connectivity index (χ0n) is 17.3. The summed E-state index contributed by atoms with van der Waals surface area (Å²) < 4.78 is 28.8. The van der Waals surface area contributed by atoms with Crippen LogP contribution in [0.4, 0.5) is 0 Å². The van der Waals surface area contributed by atoms with E-state index in [1.54, 1.807) is 10.8 Å². The van der Waals surface area contributed by atoms with Gasteiger partial charge in [0.05, 0.1) is 6.33 Å². The molecule has 2 aliphatic rings. The Morgan fingerprint density at radius 3 is 2.47 bits per heavy atom. The summed E-state index contributed by atoms with van der Waals surface area (Å²) in [5, 5.41) is 0.0868. The monoisotopic (exact) mass is 428 g/mol. The Balaban J connectivity index is 1.34. The van der Waals surface area contributed by atoms with E-state index in [-0.39, 0.29) is 16.9 Å². The van der Waals surface area contributed by atoms with Gasteiger partial charge in [-0.2, -0.15) is 4.31 Å². The molecule has 30 heavy (non-hydrogen) atoms. The van der Waals surface area contributed by atoms with Crippen LogP contribution in [0.25, 0.3) is 5.57 Å². The number of aromatic nitrogens is 2. The number of hydrogen-bond donors (Lipinski definition) is 0. The summed E-state index contributed by atoms with van der Waals surface area (Å²) in [5.74, 6) is 0.0296. The van der Waals surface area contributed by atoms with Crippen molar-refractivity contribution in [3.05, 3.63) is 54.5 Å². The third kappa shape index (κ3) is 4.20. The second-order valence-electron chi connectivity index (χ2n) is 7.85. The van der Waals surface area contributed by atoms with E-state index in [4.69, 9.17) is 0 Å². The van der Waals surface area contributed by atoms with E-state index in [2.05, 4.69) is 23.2 Å². The molecular formula is C22H28N4O3S. The van der Waals surface area contributed by atoms with Gasteiger partial charge in [0.2, 0.25) is 5.91 Å². The molecule has 0 atom stereocenters. The molecule has 1 aromatic heterocycles. The van der Waals surface area contributed by atoms with Crippen LogP contribution in [-0.2, 0) is 21.4 Å². The number of carbonyl (C=O) groups excluding carboxylic acids is 1. The average Bonchev–Trinajstić information content (AvgIpc) is 3.30. The highest BCUT2D eigenvalue weighted by Gasteiger charge is 2.35. The molecule has 0 aliphatic carbocycles. The first-order valence-electron chi connectivity index (χ1n) is 10.5. The molecular weight excluding hydrogens is 400 g/mol. The zero-order valence-corrected chi connectivity index (χ0v) is 18.1. The second-order valence-corrected chi connectivity index (χ2v) is 9.74. The molecule has 2 aliphatic heterocycles. The Morgan fingerprint density at radius 2 is 1.87 bits per heavy atom. The van der Waals surface area contributed by atoms with Crippen LogP contribution in [0.5, 0.6) is 0 Å². The molecule has 1 saturated heterocycles. The van der Waals surface area contributed by atoms with E-state index in [1.807, 2.05) is 30.0 Å². The number of amides is 1. The van der Waals surface area contributed by atoms with Gasteiger partial charge in [-0.05, 0) is 37.3 Å². The third-order valence-corrected chi connectivity index (χ3v) is 7.83. The number of carbonyl (C=O) groups is 1. The molecule has 2 aromatic rings. The minimum atomic E-state index is -3.60. The van der Waals surface area contributed by atoms with Crippen LogP contribution >= 0.6 is 0 Å². The van der Waals surface area contributed by atoms with E-state index < -0.39 is 10.0 Å². The lowest BCUT2D eigenvalue weighted by atomic mass is 9.94. The molecule has 0 N–H and O–H groups in total. The fourth-order valence-electron chi connectivity index (χ4n) is 4.16. The van der Waals surface area contributed by atoms with Crippen molar-refractivity contribution in [2.45, 2.75) is 37.8 Å². The van der Waals surface area contributed by atoms with E-state index in [0.29, 0.717) is 45.6 Å². The number of rotatable bonds is 5. The van der Waals surface area contributed by atoms with Crippen molar-refractivity contribution in [2.75, 3.05) is 26.2 Å². The van der Waals surface area contributed by atoms with Crippen molar-refractivity contribution in [1.82, 2.24) is 18.8 Å². The third-order valence-electron chi connectivity index (χ3n) is 6.05. The molecule has 7 nitrogen and oxygen atoms in total. The molecule has 1 fully saturated rings. The van der Waals surface area contributed by atoms with Gasteiger partial charge in [-0.1, -0.05) is 36.4 Å². The molecule has 0 spiro atoms. The maximum Gasteiger partial charge on any atom is 0.262 e.